The van der Waals surface area contributed by atoms with E-state index in [1.807, 2.05) is 23.1 Å². The van der Waals surface area contributed by atoms with Gasteiger partial charge in [-0.1, -0.05) is 6.07 Å². The number of benzene rings is 1. The van der Waals surface area contributed by atoms with Gasteiger partial charge in [0.15, 0.2) is 0 Å². The van der Waals surface area contributed by atoms with Crippen molar-refractivity contribution < 1.29 is 14.3 Å². The highest BCUT2D eigenvalue weighted by Gasteiger charge is 2.45. The number of rotatable bonds is 1. The number of carbonyl (C=O) groups is 2. The Balaban J connectivity index is 1.45. The predicted molar refractivity (Wildman–Crippen MR) is 80.4 cm³/mol. The molecule has 5 heteroatoms. The SMILES string of the molecule is O=C1CC2(CCN(C(=O)c3ccc4c(c3)CCOC4)CC2)N1. The number of hydrogen-bond donors (Lipinski definition) is 1. The van der Waals surface area contributed by atoms with Gasteiger partial charge >= 0.3 is 0 Å². The average molecular weight is 300 g/mol. The standard InChI is InChI=1S/C17H20N2O3/c20-15-10-17(18-15)4-6-19(7-5-17)16(21)13-1-2-14-11-22-8-3-12(14)9-13/h1-2,9H,3-8,10-11H2,(H,18,20). The predicted octanol–water partition coefficient (Wildman–Crippen LogP) is 1.25. The van der Waals surface area contributed by atoms with Crippen LogP contribution in [0.1, 0.15) is 40.7 Å². The third-order valence-corrected chi connectivity index (χ3v) is 5.14. The fourth-order valence-corrected chi connectivity index (χ4v) is 3.70. The Morgan fingerprint density at radius 3 is 2.73 bits per heavy atom. The zero-order valence-corrected chi connectivity index (χ0v) is 12.6. The van der Waals surface area contributed by atoms with Crippen LogP contribution in [0.25, 0.3) is 0 Å². The molecule has 0 saturated carbocycles. The maximum Gasteiger partial charge on any atom is 0.253 e. The van der Waals surface area contributed by atoms with E-state index in [2.05, 4.69) is 5.32 Å². The Labute approximate surface area is 129 Å². The summed E-state index contributed by atoms with van der Waals surface area (Å²) in [5.74, 6) is 0.242. The molecule has 1 spiro atoms. The molecule has 0 bridgehead atoms. The molecule has 3 aliphatic rings. The number of fused-ring (bicyclic) bond motifs is 1. The fourth-order valence-electron chi connectivity index (χ4n) is 3.70. The molecule has 0 aromatic heterocycles. The van der Waals surface area contributed by atoms with Gasteiger partial charge in [0, 0.05) is 25.1 Å². The molecular weight excluding hydrogens is 280 g/mol. The number of amides is 2. The van der Waals surface area contributed by atoms with Gasteiger partial charge in [0.05, 0.1) is 18.8 Å². The van der Waals surface area contributed by atoms with Crippen LogP contribution in [0.2, 0.25) is 0 Å². The molecule has 4 rings (SSSR count). The summed E-state index contributed by atoms with van der Waals surface area (Å²) in [6.07, 6.45) is 3.23. The lowest BCUT2D eigenvalue weighted by molar-refractivity contribution is -0.134. The molecule has 0 atom stereocenters. The summed E-state index contributed by atoms with van der Waals surface area (Å²) in [7, 11) is 0. The molecule has 1 aromatic carbocycles. The Hall–Kier alpha value is -1.88. The lowest BCUT2D eigenvalue weighted by atomic mass is 9.78. The Morgan fingerprint density at radius 1 is 1.23 bits per heavy atom. The van der Waals surface area contributed by atoms with Crippen molar-refractivity contribution in [2.75, 3.05) is 19.7 Å². The first-order valence-corrected chi connectivity index (χ1v) is 7.95. The van der Waals surface area contributed by atoms with E-state index in [4.69, 9.17) is 4.74 Å². The largest absolute Gasteiger partial charge is 0.376 e. The first-order chi connectivity index (χ1) is 10.7. The molecule has 116 valence electrons. The number of ether oxygens (including phenoxy) is 1. The Morgan fingerprint density at radius 2 is 2.00 bits per heavy atom. The first kappa shape index (κ1) is 13.8. The van der Waals surface area contributed by atoms with Crippen molar-refractivity contribution in [1.82, 2.24) is 10.2 Å². The van der Waals surface area contributed by atoms with Gasteiger partial charge in [-0.3, -0.25) is 9.59 Å². The number of carbonyl (C=O) groups excluding carboxylic acids is 2. The summed E-state index contributed by atoms with van der Waals surface area (Å²) < 4.78 is 5.43. The lowest BCUT2D eigenvalue weighted by Crippen LogP contribution is -2.65. The maximum absolute atomic E-state index is 12.7. The van der Waals surface area contributed by atoms with E-state index in [0.717, 1.165) is 44.5 Å². The van der Waals surface area contributed by atoms with Crippen LogP contribution in [-0.4, -0.2) is 41.9 Å². The van der Waals surface area contributed by atoms with Gasteiger partial charge in [-0.2, -0.15) is 0 Å². The zero-order valence-electron chi connectivity index (χ0n) is 12.6. The van der Waals surface area contributed by atoms with Crippen molar-refractivity contribution in [3.05, 3.63) is 34.9 Å². The van der Waals surface area contributed by atoms with Crippen molar-refractivity contribution in [3.8, 4) is 0 Å². The molecule has 0 unspecified atom stereocenters. The normalized spacial score (nSPS) is 22.7. The third kappa shape index (κ3) is 2.29. The second kappa shape index (κ2) is 5.09. The van der Waals surface area contributed by atoms with Gasteiger partial charge in [0.2, 0.25) is 5.91 Å². The number of likely N-dealkylation sites (tertiary alicyclic amines) is 1. The van der Waals surface area contributed by atoms with Gasteiger partial charge < -0.3 is 15.0 Å². The number of hydrogen-bond acceptors (Lipinski definition) is 3. The van der Waals surface area contributed by atoms with Crippen LogP contribution in [0.3, 0.4) is 0 Å². The van der Waals surface area contributed by atoms with E-state index in [1.54, 1.807) is 0 Å². The molecule has 3 heterocycles. The number of β-lactam (4-membered cyclic amide) rings is 1. The third-order valence-electron chi connectivity index (χ3n) is 5.14. The van der Waals surface area contributed by atoms with Gasteiger partial charge in [-0.15, -0.1) is 0 Å². The van der Waals surface area contributed by atoms with Crippen molar-refractivity contribution in [1.29, 1.82) is 0 Å². The molecule has 1 aromatic rings. The Kier molecular flexibility index (Phi) is 3.18. The van der Waals surface area contributed by atoms with Gasteiger partial charge in [0.1, 0.15) is 0 Å². The van der Waals surface area contributed by atoms with Gasteiger partial charge in [0.25, 0.3) is 5.91 Å². The van der Waals surface area contributed by atoms with E-state index >= 15 is 0 Å². The highest BCUT2D eigenvalue weighted by Crippen LogP contribution is 2.32. The van der Waals surface area contributed by atoms with Crippen molar-refractivity contribution >= 4 is 11.8 Å². The summed E-state index contributed by atoms with van der Waals surface area (Å²) in [6, 6.07) is 5.94. The van der Waals surface area contributed by atoms with Crippen LogP contribution < -0.4 is 5.32 Å². The number of nitrogens with zero attached hydrogens (tertiary/aromatic N) is 1. The Bertz CT molecular complexity index is 623. The average Bonchev–Trinajstić information content (AvgIpc) is 2.53. The number of piperidine rings is 1. The molecule has 1 N–H and O–H groups in total. The van der Waals surface area contributed by atoms with Gasteiger partial charge in [-0.05, 0) is 42.5 Å². The minimum absolute atomic E-state index is 0.0267. The van der Waals surface area contributed by atoms with E-state index in [0.29, 0.717) is 13.0 Å². The first-order valence-electron chi connectivity index (χ1n) is 7.95. The minimum atomic E-state index is -0.0267. The number of nitrogens with one attached hydrogen (secondary N) is 1. The summed E-state index contributed by atoms with van der Waals surface area (Å²) in [5.41, 5.74) is 3.17. The van der Waals surface area contributed by atoms with Crippen LogP contribution in [0.15, 0.2) is 18.2 Å². The van der Waals surface area contributed by atoms with Gasteiger partial charge in [-0.25, -0.2) is 0 Å². The van der Waals surface area contributed by atoms with Crippen LogP contribution >= 0.6 is 0 Å². The van der Waals surface area contributed by atoms with E-state index in [1.165, 1.54) is 11.1 Å². The quantitative estimate of drug-likeness (QED) is 0.794. The summed E-state index contributed by atoms with van der Waals surface area (Å²) in [6.45, 7) is 2.82. The van der Waals surface area contributed by atoms with Crippen LogP contribution in [0.4, 0.5) is 0 Å². The monoisotopic (exact) mass is 300 g/mol. The van der Waals surface area contributed by atoms with Crippen LogP contribution in [0, 0.1) is 0 Å². The second-order valence-electron chi connectivity index (χ2n) is 6.58. The van der Waals surface area contributed by atoms with E-state index in [-0.39, 0.29) is 17.4 Å². The zero-order chi connectivity index (χ0) is 15.2. The molecule has 0 radical (unpaired) electrons. The smallest absolute Gasteiger partial charge is 0.253 e. The topological polar surface area (TPSA) is 58.6 Å². The summed E-state index contributed by atoms with van der Waals surface area (Å²) >= 11 is 0. The van der Waals surface area contributed by atoms with Crippen LogP contribution in [0.5, 0.6) is 0 Å². The lowest BCUT2D eigenvalue weighted by Gasteiger charge is -2.47. The summed E-state index contributed by atoms with van der Waals surface area (Å²) in [5, 5.41) is 3.01. The molecule has 3 aliphatic heterocycles. The summed E-state index contributed by atoms with van der Waals surface area (Å²) in [4.78, 5) is 25.7. The van der Waals surface area contributed by atoms with Crippen molar-refractivity contribution in [3.63, 3.8) is 0 Å². The van der Waals surface area contributed by atoms with Crippen molar-refractivity contribution in [2.45, 2.75) is 37.8 Å². The maximum atomic E-state index is 12.7. The highest BCUT2D eigenvalue weighted by molar-refractivity contribution is 5.94. The second-order valence-corrected chi connectivity index (χ2v) is 6.58. The molecule has 2 amide bonds. The molecular formula is C17H20N2O3. The molecule has 2 fully saturated rings. The van der Waals surface area contributed by atoms with Crippen LogP contribution in [-0.2, 0) is 22.6 Å². The molecule has 5 nitrogen and oxygen atoms in total. The van der Waals surface area contributed by atoms with Crippen molar-refractivity contribution in [2.24, 2.45) is 0 Å². The molecule has 22 heavy (non-hydrogen) atoms. The molecule has 2 saturated heterocycles. The fraction of sp³-hybridized carbons (Fsp3) is 0.529. The van der Waals surface area contributed by atoms with E-state index in [9.17, 15) is 9.59 Å². The molecule has 0 aliphatic carbocycles. The van der Waals surface area contributed by atoms with E-state index < -0.39 is 0 Å². The minimum Gasteiger partial charge on any atom is -0.376 e. The highest BCUT2D eigenvalue weighted by atomic mass is 16.5.